The van der Waals surface area contributed by atoms with Gasteiger partial charge in [0, 0.05) is 33.7 Å². The van der Waals surface area contributed by atoms with Crippen molar-refractivity contribution in [1.82, 2.24) is 15.1 Å². The van der Waals surface area contributed by atoms with E-state index in [1.807, 2.05) is 0 Å². The average Bonchev–Trinajstić information content (AvgIpc) is 2.85. The van der Waals surface area contributed by atoms with Crippen LogP contribution >= 0.6 is 0 Å². The van der Waals surface area contributed by atoms with Gasteiger partial charge in [0.05, 0.1) is 0 Å². The van der Waals surface area contributed by atoms with E-state index in [4.69, 9.17) is 0 Å². The maximum absolute atomic E-state index is 11.7. The summed E-state index contributed by atoms with van der Waals surface area (Å²) in [7, 11) is 3.54. The first-order chi connectivity index (χ1) is 9.93. The van der Waals surface area contributed by atoms with Crippen molar-refractivity contribution in [3.8, 4) is 0 Å². The third-order valence-corrected chi connectivity index (χ3v) is 3.79. The molecule has 0 spiro atoms. The van der Waals surface area contributed by atoms with E-state index in [9.17, 15) is 4.79 Å². The minimum atomic E-state index is 0.0451. The molecule has 0 radical (unpaired) electrons. The zero-order valence-corrected chi connectivity index (χ0v) is 14.4. The number of nitrogens with zero attached hydrogens (tertiary/aromatic N) is 3. The maximum atomic E-state index is 11.7. The van der Waals surface area contributed by atoms with Crippen LogP contribution in [0.4, 0.5) is 0 Å². The van der Waals surface area contributed by atoms with Gasteiger partial charge in [-0.2, -0.15) is 0 Å². The lowest BCUT2D eigenvalue weighted by molar-refractivity contribution is -0.127. The summed E-state index contributed by atoms with van der Waals surface area (Å²) >= 11 is 0. The third-order valence-electron chi connectivity index (χ3n) is 3.79. The van der Waals surface area contributed by atoms with Crippen LogP contribution in [0.5, 0.6) is 0 Å². The standard InChI is InChI=1S/C16H32N4O/c1-6-8-17-16(18-11-15(21)19(4)5)20-9-7-14(12-20)10-13(2)3/h13-14H,6-12H2,1-5H3,(H,17,18). The van der Waals surface area contributed by atoms with Crippen LogP contribution in [0, 0.1) is 11.8 Å². The Morgan fingerprint density at radius 2 is 2.14 bits per heavy atom. The van der Waals surface area contributed by atoms with E-state index in [2.05, 4.69) is 36.0 Å². The van der Waals surface area contributed by atoms with Gasteiger partial charge in [0.1, 0.15) is 6.54 Å². The Kier molecular flexibility index (Phi) is 7.54. The zero-order valence-electron chi connectivity index (χ0n) is 14.4. The number of hydrogen-bond donors (Lipinski definition) is 1. The molecule has 0 aromatic heterocycles. The van der Waals surface area contributed by atoms with Gasteiger partial charge in [-0.3, -0.25) is 4.79 Å². The molecule has 122 valence electrons. The van der Waals surface area contributed by atoms with Crippen LogP contribution in [0.3, 0.4) is 0 Å². The highest BCUT2D eigenvalue weighted by Gasteiger charge is 2.25. The van der Waals surface area contributed by atoms with E-state index in [0.717, 1.165) is 43.9 Å². The second kappa shape index (κ2) is 8.90. The molecule has 0 aromatic carbocycles. The van der Waals surface area contributed by atoms with E-state index in [1.165, 1.54) is 12.8 Å². The van der Waals surface area contributed by atoms with Gasteiger partial charge in [0.15, 0.2) is 5.96 Å². The Labute approximate surface area is 129 Å². The van der Waals surface area contributed by atoms with Gasteiger partial charge in [-0.25, -0.2) is 4.99 Å². The van der Waals surface area contributed by atoms with Crippen LogP contribution in [-0.4, -0.2) is 61.9 Å². The van der Waals surface area contributed by atoms with Crippen LogP contribution in [0.1, 0.15) is 40.0 Å². The molecule has 1 aliphatic rings. The molecule has 5 heteroatoms. The van der Waals surface area contributed by atoms with Crippen LogP contribution < -0.4 is 5.32 Å². The summed E-state index contributed by atoms with van der Waals surface area (Å²) in [6.45, 7) is 9.93. The Balaban J connectivity index is 2.61. The Hall–Kier alpha value is -1.26. The quantitative estimate of drug-likeness (QED) is 0.600. The van der Waals surface area contributed by atoms with Crippen LogP contribution in [0.2, 0.25) is 0 Å². The van der Waals surface area contributed by atoms with Crippen molar-refractivity contribution in [2.45, 2.75) is 40.0 Å². The molecule has 1 heterocycles. The van der Waals surface area contributed by atoms with Gasteiger partial charge in [-0.15, -0.1) is 0 Å². The van der Waals surface area contributed by atoms with Crippen molar-refractivity contribution in [2.75, 3.05) is 40.3 Å². The second-order valence-corrected chi connectivity index (χ2v) is 6.59. The predicted molar refractivity (Wildman–Crippen MR) is 88.4 cm³/mol. The molecule has 0 saturated carbocycles. The molecule has 1 amide bonds. The smallest absolute Gasteiger partial charge is 0.243 e. The molecule has 21 heavy (non-hydrogen) atoms. The van der Waals surface area contributed by atoms with E-state index in [-0.39, 0.29) is 12.5 Å². The number of nitrogens with one attached hydrogen (secondary N) is 1. The molecular formula is C16H32N4O. The van der Waals surface area contributed by atoms with Crippen molar-refractivity contribution in [3.63, 3.8) is 0 Å². The highest BCUT2D eigenvalue weighted by atomic mass is 16.2. The fourth-order valence-corrected chi connectivity index (χ4v) is 2.67. The van der Waals surface area contributed by atoms with E-state index >= 15 is 0 Å². The van der Waals surface area contributed by atoms with E-state index < -0.39 is 0 Å². The summed E-state index contributed by atoms with van der Waals surface area (Å²) in [5.74, 6) is 2.44. The molecule has 1 atom stereocenters. The number of aliphatic imine (C=N–C) groups is 1. The van der Waals surface area contributed by atoms with Crippen molar-refractivity contribution < 1.29 is 4.79 Å². The molecule has 1 rings (SSSR count). The summed E-state index contributed by atoms with van der Waals surface area (Å²) < 4.78 is 0. The number of rotatable bonds is 6. The topological polar surface area (TPSA) is 47.9 Å². The van der Waals surface area contributed by atoms with Crippen LogP contribution in [0.15, 0.2) is 4.99 Å². The molecular weight excluding hydrogens is 264 g/mol. The summed E-state index contributed by atoms with van der Waals surface area (Å²) in [6, 6.07) is 0. The molecule has 1 N–H and O–H groups in total. The number of hydrogen-bond acceptors (Lipinski definition) is 2. The average molecular weight is 296 g/mol. The first kappa shape index (κ1) is 17.8. The maximum Gasteiger partial charge on any atom is 0.243 e. The monoisotopic (exact) mass is 296 g/mol. The number of guanidine groups is 1. The highest BCUT2D eigenvalue weighted by Crippen LogP contribution is 2.23. The SMILES string of the molecule is CCCNC(=NCC(=O)N(C)C)N1CCC(CC(C)C)C1. The minimum Gasteiger partial charge on any atom is -0.356 e. The number of likely N-dealkylation sites (N-methyl/N-ethyl adjacent to an activating group) is 1. The van der Waals surface area contributed by atoms with Crippen molar-refractivity contribution >= 4 is 11.9 Å². The summed E-state index contributed by atoms with van der Waals surface area (Å²) in [5, 5.41) is 3.38. The Bertz CT molecular complexity index is 352. The normalized spacial score (nSPS) is 19.2. The van der Waals surface area contributed by atoms with Gasteiger partial charge in [-0.05, 0) is 31.1 Å². The number of carbonyl (C=O) groups excluding carboxylic acids is 1. The van der Waals surface area contributed by atoms with Gasteiger partial charge >= 0.3 is 0 Å². The van der Waals surface area contributed by atoms with Crippen LogP contribution in [0.25, 0.3) is 0 Å². The first-order valence-corrected chi connectivity index (χ1v) is 8.17. The molecule has 0 aliphatic carbocycles. The summed E-state index contributed by atoms with van der Waals surface area (Å²) in [6.07, 6.45) is 3.56. The Morgan fingerprint density at radius 3 is 2.71 bits per heavy atom. The van der Waals surface area contributed by atoms with E-state index in [0.29, 0.717) is 0 Å². The number of likely N-dealkylation sites (tertiary alicyclic amines) is 1. The van der Waals surface area contributed by atoms with Crippen molar-refractivity contribution in [2.24, 2.45) is 16.8 Å². The van der Waals surface area contributed by atoms with Crippen LogP contribution in [-0.2, 0) is 4.79 Å². The molecule has 5 nitrogen and oxygen atoms in total. The number of carbonyl (C=O) groups is 1. The summed E-state index contributed by atoms with van der Waals surface area (Å²) in [4.78, 5) is 20.1. The molecule has 1 unspecified atom stereocenters. The lowest BCUT2D eigenvalue weighted by atomic mass is 9.97. The first-order valence-electron chi connectivity index (χ1n) is 8.17. The molecule has 0 bridgehead atoms. The third kappa shape index (κ3) is 6.36. The zero-order chi connectivity index (χ0) is 15.8. The van der Waals surface area contributed by atoms with E-state index in [1.54, 1.807) is 19.0 Å². The van der Waals surface area contributed by atoms with Crippen molar-refractivity contribution in [3.05, 3.63) is 0 Å². The fraction of sp³-hybridized carbons (Fsp3) is 0.875. The van der Waals surface area contributed by atoms with Crippen molar-refractivity contribution in [1.29, 1.82) is 0 Å². The molecule has 1 fully saturated rings. The van der Waals surface area contributed by atoms with Gasteiger partial charge < -0.3 is 15.1 Å². The number of amides is 1. The summed E-state index contributed by atoms with van der Waals surface area (Å²) in [5.41, 5.74) is 0. The second-order valence-electron chi connectivity index (χ2n) is 6.59. The largest absolute Gasteiger partial charge is 0.356 e. The molecule has 0 aromatic rings. The lowest BCUT2D eigenvalue weighted by Crippen LogP contribution is -2.41. The molecule has 1 saturated heterocycles. The van der Waals surface area contributed by atoms with Gasteiger partial charge in [0.25, 0.3) is 0 Å². The fourth-order valence-electron chi connectivity index (χ4n) is 2.67. The van der Waals surface area contributed by atoms with Gasteiger partial charge in [0.2, 0.25) is 5.91 Å². The lowest BCUT2D eigenvalue weighted by Gasteiger charge is -2.22. The molecule has 1 aliphatic heterocycles. The predicted octanol–water partition coefficient (Wildman–Crippen LogP) is 1.80. The minimum absolute atomic E-state index is 0.0451. The highest BCUT2D eigenvalue weighted by molar-refractivity contribution is 5.85. The Morgan fingerprint density at radius 1 is 1.43 bits per heavy atom. The van der Waals surface area contributed by atoms with Gasteiger partial charge in [-0.1, -0.05) is 20.8 Å².